The molecule has 0 saturated carbocycles. The first-order valence-corrected chi connectivity index (χ1v) is 8.09. The third-order valence-electron chi connectivity index (χ3n) is 3.71. The SMILES string of the molecule is CC[C@H](Oc1ccc(C)cc1C)C(=O)Nc1ccc(Cl)cc1C. The largest absolute Gasteiger partial charge is 0.480 e. The number of halogens is 1. The molecular formula is C19H22ClNO2. The number of carbonyl (C=O) groups excluding carboxylic acids is 1. The maximum atomic E-state index is 12.5. The van der Waals surface area contributed by atoms with Gasteiger partial charge in [0.1, 0.15) is 5.75 Å². The molecule has 122 valence electrons. The summed E-state index contributed by atoms with van der Waals surface area (Å²) in [6, 6.07) is 11.3. The Labute approximate surface area is 142 Å². The van der Waals surface area contributed by atoms with E-state index in [4.69, 9.17) is 16.3 Å². The van der Waals surface area contributed by atoms with Crippen LogP contribution in [-0.2, 0) is 4.79 Å². The van der Waals surface area contributed by atoms with Crippen molar-refractivity contribution >= 4 is 23.2 Å². The molecule has 23 heavy (non-hydrogen) atoms. The lowest BCUT2D eigenvalue weighted by atomic mass is 10.1. The van der Waals surface area contributed by atoms with Gasteiger partial charge in [0.2, 0.25) is 0 Å². The van der Waals surface area contributed by atoms with E-state index in [1.807, 2.05) is 52.0 Å². The molecule has 0 aliphatic rings. The van der Waals surface area contributed by atoms with Crippen molar-refractivity contribution in [3.05, 3.63) is 58.1 Å². The first kappa shape index (κ1) is 17.4. The van der Waals surface area contributed by atoms with Crippen LogP contribution in [0, 0.1) is 20.8 Å². The molecule has 0 heterocycles. The second-order valence-electron chi connectivity index (χ2n) is 5.73. The number of anilines is 1. The quantitative estimate of drug-likeness (QED) is 0.831. The summed E-state index contributed by atoms with van der Waals surface area (Å²) >= 11 is 5.94. The fourth-order valence-electron chi connectivity index (χ4n) is 2.39. The predicted octanol–water partition coefficient (Wildman–Crippen LogP) is 5.06. The molecule has 0 radical (unpaired) electrons. The lowest BCUT2D eigenvalue weighted by Gasteiger charge is -2.19. The van der Waals surface area contributed by atoms with Gasteiger partial charge in [0, 0.05) is 10.7 Å². The number of rotatable bonds is 5. The van der Waals surface area contributed by atoms with Gasteiger partial charge in [-0.2, -0.15) is 0 Å². The molecule has 2 rings (SSSR count). The van der Waals surface area contributed by atoms with Crippen LogP contribution in [0.3, 0.4) is 0 Å². The fourth-order valence-corrected chi connectivity index (χ4v) is 2.61. The third-order valence-corrected chi connectivity index (χ3v) is 3.94. The summed E-state index contributed by atoms with van der Waals surface area (Å²) in [7, 11) is 0. The minimum atomic E-state index is -0.536. The molecule has 4 heteroatoms. The highest BCUT2D eigenvalue weighted by Gasteiger charge is 2.20. The van der Waals surface area contributed by atoms with Crippen LogP contribution in [0.4, 0.5) is 5.69 Å². The normalized spacial score (nSPS) is 11.9. The Morgan fingerprint density at radius 2 is 1.87 bits per heavy atom. The maximum absolute atomic E-state index is 12.5. The van der Waals surface area contributed by atoms with Crippen LogP contribution in [0.25, 0.3) is 0 Å². The van der Waals surface area contributed by atoms with E-state index in [1.165, 1.54) is 5.56 Å². The summed E-state index contributed by atoms with van der Waals surface area (Å²) in [5.41, 5.74) is 3.87. The molecule has 0 unspecified atom stereocenters. The Kier molecular flexibility index (Phi) is 5.67. The number of carbonyl (C=O) groups is 1. The zero-order chi connectivity index (χ0) is 17.0. The Morgan fingerprint density at radius 1 is 1.13 bits per heavy atom. The Balaban J connectivity index is 2.12. The van der Waals surface area contributed by atoms with E-state index in [2.05, 4.69) is 5.32 Å². The summed E-state index contributed by atoms with van der Waals surface area (Å²) < 4.78 is 5.91. The lowest BCUT2D eigenvalue weighted by Crippen LogP contribution is -2.32. The van der Waals surface area contributed by atoms with Crippen molar-refractivity contribution < 1.29 is 9.53 Å². The summed E-state index contributed by atoms with van der Waals surface area (Å²) in [5, 5.41) is 3.57. The van der Waals surface area contributed by atoms with Crippen LogP contribution >= 0.6 is 11.6 Å². The van der Waals surface area contributed by atoms with Crippen molar-refractivity contribution in [1.82, 2.24) is 0 Å². The lowest BCUT2D eigenvalue weighted by molar-refractivity contribution is -0.122. The molecule has 0 aromatic heterocycles. The van der Waals surface area contributed by atoms with Gasteiger partial charge >= 0.3 is 0 Å². The summed E-state index contributed by atoms with van der Waals surface area (Å²) in [6.45, 7) is 7.86. The smallest absolute Gasteiger partial charge is 0.265 e. The van der Waals surface area contributed by atoms with Gasteiger partial charge in [-0.25, -0.2) is 0 Å². The zero-order valence-corrected chi connectivity index (χ0v) is 14.7. The van der Waals surface area contributed by atoms with Crippen molar-refractivity contribution in [2.75, 3.05) is 5.32 Å². The molecule has 0 spiro atoms. The van der Waals surface area contributed by atoms with E-state index in [-0.39, 0.29) is 5.91 Å². The number of aryl methyl sites for hydroxylation is 3. The molecule has 3 nitrogen and oxygen atoms in total. The summed E-state index contributed by atoms with van der Waals surface area (Å²) in [5.74, 6) is 0.586. The van der Waals surface area contributed by atoms with Crippen molar-refractivity contribution in [3.63, 3.8) is 0 Å². The number of amides is 1. The molecule has 2 aromatic carbocycles. The number of benzene rings is 2. The van der Waals surface area contributed by atoms with E-state index in [9.17, 15) is 4.79 Å². The van der Waals surface area contributed by atoms with E-state index in [0.717, 1.165) is 22.6 Å². The topological polar surface area (TPSA) is 38.3 Å². The number of hydrogen-bond donors (Lipinski definition) is 1. The summed E-state index contributed by atoms with van der Waals surface area (Å²) in [6.07, 6.45) is 0.0534. The van der Waals surface area contributed by atoms with Gasteiger partial charge < -0.3 is 10.1 Å². The number of hydrogen-bond acceptors (Lipinski definition) is 2. The fraction of sp³-hybridized carbons (Fsp3) is 0.316. The van der Waals surface area contributed by atoms with Gasteiger partial charge in [-0.1, -0.05) is 36.2 Å². The standard InChI is InChI=1S/C19H22ClNO2/c1-5-17(23-18-9-6-12(2)10-14(18)4)19(22)21-16-8-7-15(20)11-13(16)3/h6-11,17H,5H2,1-4H3,(H,21,22)/t17-/m0/s1. The molecule has 0 saturated heterocycles. The van der Waals surface area contributed by atoms with E-state index in [0.29, 0.717) is 11.4 Å². The highest BCUT2D eigenvalue weighted by Crippen LogP contribution is 2.23. The second-order valence-corrected chi connectivity index (χ2v) is 6.17. The molecule has 2 aromatic rings. The molecule has 0 aliphatic carbocycles. The number of nitrogens with one attached hydrogen (secondary N) is 1. The molecule has 1 N–H and O–H groups in total. The van der Waals surface area contributed by atoms with Crippen LogP contribution in [0.5, 0.6) is 5.75 Å². The zero-order valence-electron chi connectivity index (χ0n) is 13.9. The van der Waals surface area contributed by atoms with Crippen LogP contribution in [0.15, 0.2) is 36.4 Å². The highest BCUT2D eigenvalue weighted by atomic mass is 35.5. The average Bonchev–Trinajstić information content (AvgIpc) is 2.49. The first-order valence-electron chi connectivity index (χ1n) is 7.71. The highest BCUT2D eigenvalue weighted by molar-refractivity contribution is 6.30. The van der Waals surface area contributed by atoms with Crippen molar-refractivity contribution in [1.29, 1.82) is 0 Å². The molecule has 1 atom stereocenters. The minimum Gasteiger partial charge on any atom is -0.480 e. The van der Waals surface area contributed by atoms with E-state index < -0.39 is 6.10 Å². The predicted molar refractivity (Wildman–Crippen MR) is 95.4 cm³/mol. The van der Waals surface area contributed by atoms with Gasteiger partial charge in [-0.3, -0.25) is 4.79 Å². The minimum absolute atomic E-state index is 0.155. The van der Waals surface area contributed by atoms with E-state index >= 15 is 0 Å². The Morgan fingerprint density at radius 3 is 2.48 bits per heavy atom. The molecule has 1 amide bonds. The van der Waals surface area contributed by atoms with Gasteiger partial charge in [-0.05, 0) is 62.6 Å². The van der Waals surface area contributed by atoms with Crippen molar-refractivity contribution in [2.45, 2.75) is 40.2 Å². The second kappa shape index (κ2) is 7.51. The van der Waals surface area contributed by atoms with Crippen LogP contribution < -0.4 is 10.1 Å². The average molecular weight is 332 g/mol. The Hall–Kier alpha value is -2.00. The Bertz CT molecular complexity index is 713. The molecular weight excluding hydrogens is 310 g/mol. The van der Waals surface area contributed by atoms with E-state index in [1.54, 1.807) is 12.1 Å². The molecule has 0 fully saturated rings. The van der Waals surface area contributed by atoms with Crippen LogP contribution in [0.2, 0.25) is 5.02 Å². The molecule has 0 bridgehead atoms. The van der Waals surface area contributed by atoms with Gasteiger partial charge in [-0.15, -0.1) is 0 Å². The monoisotopic (exact) mass is 331 g/mol. The molecule has 0 aliphatic heterocycles. The van der Waals surface area contributed by atoms with Gasteiger partial charge in [0.05, 0.1) is 0 Å². The summed E-state index contributed by atoms with van der Waals surface area (Å²) in [4.78, 5) is 12.5. The van der Waals surface area contributed by atoms with Gasteiger partial charge in [0.25, 0.3) is 5.91 Å². The van der Waals surface area contributed by atoms with Crippen LogP contribution in [0.1, 0.15) is 30.0 Å². The maximum Gasteiger partial charge on any atom is 0.265 e. The van der Waals surface area contributed by atoms with Gasteiger partial charge in [0.15, 0.2) is 6.10 Å². The number of ether oxygens (including phenoxy) is 1. The van der Waals surface area contributed by atoms with Crippen LogP contribution in [-0.4, -0.2) is 12.0 Å². The third kappa shape index (κ3) is 4.49. The van der Waals surface area contributed by atoms with Crippen molar-refractivity contribution in [3.8, 4) is 5.75 Å². The van der Waals surface area contributed by atoms with Crippen molar-refractivity contribution in [2.24, 2.45) is 0 Å². The first-order chi connectivity index (χ1) is 10.9.